The highest BCUT2D eigenvalue weighted by Crippen LogP contribution is 2.50. The normalized spacial score (nSPS) is 20.7. The summed E-state index contributed by atoms with van der Waals surface area (Å²) in [5.41, 5.74) is 5.14. The van der Waals surface area contributed by atoms with Gasteiger partial charge in [-0.15, -0.1) is 0 Å². The average molecular weight is 461 g/mol. The van der Waals surface area contributed by atoms with Crippen LogP contribution in [0.25, 0.3) is 11.1 Å². The molecule has 1 heterocycles. The number of methoxy groups -OCH3 is 1. The number of aliphatic hydroxyl groups is 2. The maximum Gasteiger partial charge on any atom is 0.195 e. The van der Waals surface area contributed by atoms with Gasteiger partial charge in [-0.2, -0.15) is 0 Å². The third kappa shape index (κ3) is 3.60. The fraction of sp³-hybridized carbons (Fsp3) is 0.345. The van der Waals surface area contributed by atoms with Crippen LogP contribution in [-0.2, 0) is 15.1 Å². The minimum Gasteiger partial charge on any atom is -0.497 e. The molecular weight excluding hydrogens is 428 g/mol. The van der Waals surface area contributed by atoms with Gasteiger partial charge in [-0.1, -0.05) is 50.2 Å². The highest BCUT2D eigenvalue weighted by atomic mass is 16.5. The number of hydrogen-bond acceptors (Lipinski definition) is 5. The molecule has 0 aromatic heterocycles. The molecule has 0 saturated carbocycles. The van der Waals surface area contributed by atoms with Gasteiger partial charge < -0.3 is 19.7 Å². The Hall–Kier alpha value is -3.15. The molecular formula is C29H32O5. The molecule has 34 heavy (non-hydrogen) atoms. The number of hydrogen-bond donors (Lipinski definition) is 2. The number of ether oxygens (including phenoxy) is 2. The van der Waals surface area contributed by atoms with Crippen molar-refractivity contribution in [2.24, 2.45) is 0 Å². The standard InChI is InChI=1S/C29H32O5/c1-16(2)20-10-11-23-17(3)13-24(26(23)18(4)12-20)29(21-8-7-9-22(14-21)33-6)28(32)27(31)19(5)25(15-30)34-29/h7-14,16,28,30,32H,15H2,1-6H3. The summed E-state index contributed by atoms with van der Waals surface area (Å²) in [4.78, 5) is 13.3. The Balaban J connectivity index is 2.12. The Morgan fingerprint density at radius 1 is 1.06 bits per heavy atom. The van der Waals surface area contributed by atoms with Crippen molar-refractivity contribution in [1.29, 1.82) is 0 Å². The largest absolute Gasteiger partial charge is 0.497 e. The summed E-state index contributed by atoms with van der Waals surface area (Å²) in [7, 11) is 1.57. The Labute approximate surface area is 201 Å². The lowest BCUT2D eigenvalue weighted by Gasteiger charge is -2.43. The predicted molar refractivity (Wildman–Crippen MR) is 132 cm³/mol. The summed E-state index contributed by atoms with van der Waals surface area (Å²) < 4.78 is 11.9. The van der Waals surface area contributed by atoms with Crippen LogP contribution in [0.3, 0.4) is 0 Å². The van der Waals surface area contributed by atoms with Crippen molar-refractivity contribution in [3.63, 3.8) is 0 Å². The van der Waals surface area contributed by atoms with E-state index in [1.165, 1.54) is 5.56 Å². The Morgan fingerprint density at radius 2 is 1.79 bits per heavy atom. The number of rotatable bonds is 5. The minimum atomic E-state index is -1.55. The third-order valence-electron chi connectivity index (χ3n) is 6.96. The van der Waals surface area contributed by atoms with Crippen molar-refractivity contribution >= 4 is 5.78 Å². The van der Waals surface area contributed by atoms with E-state index in [0.717, 1.165) is 22.3 Å². The second-order valence-electron chi connectivity index (χ2n) is 9.39. The lowest BCUT2D eigenvalue weighted by molar-refractivity contribution is -0.146. The molecule has 5 nitrogen and oxygen atoms in total. The number of aryl methyl sites for hydroxylation is 2. The van der Waals surface area contributed by atoms with Crippen LogP contribution in [0, 0.1) is 13.8 Å². The highest BCUT2D eigenvalue weighted by molar-refractivity contribution is 6.01. The minimum absolute atomic E-state index is 0.158. The van der Waals surface area contributed by atoms with Crippen LogP contribution in [0.15, 0.2) is 59.9 Å². The number of carbonyl (C=O) groups is 1. The first-order chi connectivity index (χ1) is 16.1. The second-order valence-corrected chi connectivity index (χ2v) is 9.39. The SMILES string of the molecule is COc1cccc(C2(c3cc(C)c4ccc(C(C)C)cc(C)c3-4)OC(CO)=C(C)C(=O)C2O)c1. The van der Waals surface area contributed by atoms with E-state index in [-0.39, 0.29) is 11.3 Å². The zero-order valence-corrected chi connectivity index (χ0v) is 20.6. The molecule has 2 unspecified atom stereocenters. The van der Waals surface area contributed by atoms with Crippen LogP contribution in [0.2, 0.25) is 0 Å². The second kappa shape index (κ2) is 8.90. The maximum absolute atomic E-state index is 13.3. The molecule has 0 radical (unpaired) electrons. The van der Waals surface area contributed by atoms with E-state index in [1.807, 2.05) is 32.0 Å². The van der Waals surface area contributed by atoms with Crippen molar-refractivity contribution in [2.45, 2.75) is 52.2 Å². The van der Waals surface area contributed by atoms with Crippen molar-refractivity contribution in [3.05, 3.63) is 87.7 Å². The van der Waals surface area contributed by atoms with Crippen LogP contribution >= 0.6 is 0 Å². The molecule has 5 heteroatoms. The number of Topliss-reactive ketones (excluding diaryl/α,β-unsaturated/α-hetero) is 1. The van der Waals surface area contributed by atoms with Crippen molar-refractivity contribution in [2.75, 3.05) is 13.7 Å². The zero-order valence-electron chi connectivity index (χ0n) is 20.6. The van der Waals surface area contributed by atoms with E-state index in [4.69, 9.17) is 9.47 Å². The van der Waals surface area contributed by atoms with E-state index in [1.54, 1.807) is 26.2 Å². The van der Waals surface area contributed by atoms with Crippen LogP contribution in [-0.4, -0.2) is 35.8 Å². The fourth-order valence-electron chi connectivity index (χ4n) is 4.98. The topological polar surface area (TPSA) is 76.0 Å². The van der Waals surface area contributed by atoms with Gasteiger partial charge in [-0.05, 0) is 66.6 Å². The Morgan fingerprint density at radius 3 is 2.44 bits per heavy atom. The molecule has 178 valence electrons. The molecule has 0 spiro atoms. The molecule has 3 aliphatic rings. The van der Waals surface area contributed by atoms with Gasteiger partial charge in [-0.3, -0.25) is 4.79 Å². The summed E-state index contributed by atoms with van der Waals surface area (Å²) in [6, 6.07) is 15.6. The van der Waals surface area contributed by atoms with Crippen molar-refractivity contribution in [3.8, 4) is 16.9 Å². The van der Waals surface area contributed by atoms with E-state index >= 15 is 0 Å². The maximum atomic E-state index is 13.3. The van der Waals surface area contributed by atoms with Crippen molar-refractivity contribution in [1.82, 2.24) is 0 Å². The molecule has 1 aromatic carbocycles. The average Bonchev–Trinajstić information content (AvgIpc) is 3.05. The van der Waals surface area contributed by atoms with Gasteiger partial charge in [0.05, 0.1) is 7.11 Å². The van der Waals surface area contributed by atoms with Gasteiger partial charge in [0.1, 0.15) is 18.1 Å². The molecule has 2 aliphatic carbocycles. The van der Waals surface area contributed by atoms with Gasteiger partial charge in [0.25, 0.3) is 0 Å². The van der Waals surface area contributed by atoms with Gasteiger partial charge in [0.2, 0.25) is 0 Å². The monoisotopic (exact) mass is 460 g/mol. The lowest BCUT2D eigenvalue weighted by Crippen LogP contribution is -2.51. The molecule has 0 fully saturated rings. The smallest absolute Gasteiger partial charge is 0.195 e. The Bertz CT molecular complexity index is 1260. The lowest BCUT2D eigenvalue weighted by atomic mass is 9.75. The summed E-state index contributed by atoms with van der Waals surface area (Å²) in [5.74, 6) is 0.613. The van der Waals surface area contributed by atoms with E-state index < -0.39 is 24.1 Å². The number of benzene rings is 1. The molecule has 0 amide bonds. The fourth-order valence-corrected chi connectivity index (χ4v) is 4.98. The molecule has 2 N–H and O–H groups in total. The van der Waals surface area contributed by atoms with Gasteiger partial charge in [0.15, 0.2) is 17.5 Å². The molecule has 1 aromatic rings. The number of ketones is 1. The van der Waals surface area contributed by atoms with E-state index in [9.17, 15) is 15.0 Å². The van der Waals surface area contributed by atoms with Crippen molar-refractivity contribution < 1.29 is 24.5 Å². The summed E-state index contributed by atoms with van der Waals surface area (Å²) in [5, 5.41) is 21.6. The van der Waals surface area contributed by atoms with Crippen LogP contribution in [0.5, 0.6) is 5.75 Å². The number of carbonyl (C=O) groups excluding carboxylic acids is 1. The molecule has 4 rings (SSSR count). The number of fused-ring (bicyclic) bond motifs is 1. The highest BCUT2D eigenvalue weighted by Gasteiger charge is 2.53. The summed E-state index contributed by atoms with van der Waals surface area (Å²) >= 11 is 0. The van der Waals surface area contributed by atoms with Gasteiger partial charge >= 0.3 is 0 Å². The van der Waals surface area contributed by atoms with Crippen LogP contribution < -0.4 is 4.74 Å². The third-order valence-corrected chi connectivity index (χ3v) is 6.96. The molecule has 1 aliphatic heterocycles. The zero-order chi connectivity index (χ0) is 24.8. The van der Waals surface area contributed by atoms with E-state index in [0.29, 0.717) is 22.8 Å². The van der Waals surface area contributed by atoms with Gasteiger partial charge in [-0.25, -0.2) is 0 Å². The molecule has 0 saturated heterocycles. The molecule has 0 bridgehead atoms. The number of aliphatic hydroxyl groups excluding tert-OH is 2. The van der Waals surface area contributed by atoms with Crippen LogP contribution in [0.1, 0.15) is 54.5 Å². The predicted octanol–water partition coefficient (Wildman–Crippen LogP) is 5.01. The Kier molecular flexibility index (Phi) is 6.28. The first-order valence-corrected chi connectivity index (χ1v) is 11.6. The van der Waals surface area contributed by atoms with E-state index in [2.05, 4.69) is 32.0 Å². The quantitative estimate of drug-likeness (QED) is 0.560. The van der Waals surface area contributed by atoms with Gasteiger partial charge in [0, 0.05) is 16.7 Å². The first kappa shape index (κ1) is 24.0. The van der Waals surface area contributed by atoms with Crippen LogP contribution in [0.4, 0.5) is 0 Å². The molecule has 2 atom stereocenters. The first-order valence-electron chi connectivity index (χ1n) is 11.6. The summed E-state index contributed by atoms with van der Waals surface area (Å²) in [6.45, 7) is 9.49. The summed E-state index contributed by atoms with van der Waals surface area (Å²) in [6.07, 6.45) is -1.51.